The van der Waals surface area contributed by atoms with E-state index in [1.54, 1.807) is 25.3 Å². The molecule has 0 saturated carbocycles. The summed E-state index contributed by atoms with van der Waals surface area (Å²) in [6.07, 6.45) is 1.29. The van der Waals surface area contributed by atoms with Gasteiger partial charge in [-0.1, -0.05) is 12.1 Å². The number of nitrogens with one attached hydrogen (secondary N) is 1. The smallest absolute Gasteiger partial charge is 0.232 e. The normalized spacial score (nSPS) is 11.4. The molecule has 0 aliphatic rings. The van der Waals surface area contributed by atoms with Crippen LogP contribution in [0.1, 0.15) is 18.4 Å². The number of hydrogen-bond acceptors (Lipinski definition) is 4. The molecule has 0 aliphatic carbocycles. The largest absolute Gasteiger partial charge is 0.380 e. The second-order valence-electron chi connectivity index (χ2n) is 4.05. The molecule has 0 amide bonds. The Bertz CT molecular complexity index is 460. The lowest BCUT2D eigenvalue weighted by atomic mass is 10.2. The van der Waals surface area contributed by atoms with Crippen LogP contribution in [0.4, 0.5) is 5.69 Å². The fourth-order valence-corrected chi connectivity index (χ4v) is 2.73. The van der Waals surface area contributed by atoms with Gasteiger partial charge in [-0.05, 0) is 37.1 Å². The molecule has 5 nitrogen and oxygen atoms in total. The number of sulfonamides is 1. The molecule has 0 fully saturated rings. The Labute approximate surface area is 108 Å². The molecule has 1 aromatic carbocycles. The van der Waals surface area contributed by atoms with Crippen LogP contribution in [0.2, 0.25) is 0 Å². The van der Waals surface area contributed by atoms with Crippen LogP contribution in [-0.4, -0.2) is 27.8 Å². The Hall–Kier alpha value is -1.11. The average Bonchev–Trinajstić information content (AvgIpc) is 2.29. The Kier molecular flexibility index (Phi) is 6.11. The van der Waals surface area contributed by atoms with Crippen LogP contribution in [0.5, 0.6) is 0 Å². The fourth-order valence-electron chi connectivity index (χ4n) is 1.56. The summed E-state index contributed by atoms with van der Waals surface area (Å²) in [6.45, 7) is 0.974. The van der Waals surface area contributed by atoms with Crippen LogP contribution < -0.4 is 10.5 Å². The maximum atomic E-state index is 11.8. The fraction of sp³-hybridized carbons (Fsp3) is 0.500. The van der Waals surface area contributed by atoms with E-state index in [1.807, 2.05) is 6.07 Å². The van der Waals surface area contributed by atoms with Gasteiger partial charge in [0.25, 0.3) is 0 Å². The number of nitrogens with two attached hydrogens (primary N) is 1. The lowest BCUT2D eigenvalue weighted by Gasteiger charge is -2.09. The number of methoxy groups -OCH3 is 1. The first-order chi connectivity index (χ1) is 8.57. The molecule has 1 aromatic rings. The van der Waals surface area contributed by atoms with E-state index in [0.717, 1.165) is 5.56 Å². The van der Waals surface area contributed by atoms with E-state index in [4.69, 9.17) is 10.5 Å². The van der Waals surface area contributed by atoms with Crippen molar-refractivity contribution in [3.63, 3.8) is 0 Å². The Balaban J connectivity index is 2.62. The van der Waals surface area contributed by atoms with Gasteiger partial charge in [-0.25, -0.2) is 8.42 Å². The molecular formula is C12H20N2O3S. The highest BCUT2D eigenvalue weighted by Crippen LogP contribution is 2.13. The molecule has 18 heavy (non-hydrogen) atoms. The highest BCUT2D eigenvalue weighted by Gasteiger charge is 2.09. The second-order valence-corrected chi connectivity index (χ2v) is 5.89. The third-order valence-corrected chi connectivity index (χ3v) is 3.75. The van der Waals surface area contributed by atoms with Gasteiger partial charge in [0.2, 0.25) is 10.0 Å². The molecule has 6 heteroatoms. The van der Waals surface area contributed by atoms with E-state index >= 15 is 0 Å². The van der Waals surface area contributed by atoms with Crippen LogP contribution in [0, 0.1) is 0 Å². The summed E-state index contributed by atoms with van der Waals surface area (Å²) in [5.41, 5.74) is 6.83. The summed E-state index contributed by atoms with van der Waals surface area (Å²) in [5, 5.41) is 0. The maximum absolute atomic E-state index is 11.8. The molecule has 0 spiro atoms. The van der Waals surface area contributed by atoms with Crippen molar-refractivity contribution in [3.8, 4) is 0 Å². The number of benzene rings is 1. The lowest BCUT2D eigenvalue weighted by Crippen LogP contribution is -2.17. The van der Waals surface area contributed by atoms with Crippen molar-refractivity contribution < 1.29 is 13.2 Å². The second kappa shape index (κ2) is 7.35. The third-order valence-electron chi connectivity index (χ3n) is 2.38. The van der Waals surface area contributed by atoms with E-state index < -0.39 is 10.0 Å². The van der Waals surface area contributed by atoms with Crippen LogP contribution in [0.15, 0.2) is 24.3 Å². The minimum atomic E-state index is -3.28. The van der Waals surface area contributed by atoms with Gasteiger partial charge >= 0.3 is 0 Å². The summed E-state index contributed by atoms with van der Waals surface area (Å²) in [5.74, 6) is 0.0959. The van der Waals surface area contributed by atoms with E-state index in [0.29, 0.717) is 31.7 Å². The molecule has 1 rings (SSSR count). The maximum Gasteiger partial charge on any atom is 0.232 e. The molecule has 102 valence electrons. The van der Waals surface area contributed by atoms with Crippen LogP contribution >= 0.6 is 0 Å². The molecule has 0 heterocycles. The van der Waals surface area contributed by atoms with Crippen molar-refractivity contribution >= 4 is 15.7 Å². The Morgan fingerprint density at radius 1 is 1.33 bits per heavy atom. The van der Waals surface area contributed by atoms with Crippen molar-refractivity contribution in [2.75, 3.05) is 24.1 Å². The summed E-state index contributed by atoms with van der Waals surface area (Å²) in [6, 6.07) is 7.17. The van der Waals surface area contributed by atoms with Crippen molar-refractivity contribution in [2.45, 2.75) is 19.4 Å². The summed E-state index contributed by atoms with van der Waals surface area (Å²) in [4.78, 5) is 0. The number of anilines is 1. The molecule has 0 unspecified atom stereocenters. The monoisotopic (exact) mass is 272 g/mol. The number of unbranched alkanes of at least 4 members (excludes halogenated alkanes) is 1. The highest BCUT2D eigenvalue weighted by molar-refractivity contribution is 7.92. The third kappa shape index (κ3) is 5.48. The van der Waals surface area contributed by atoms with Crippen molar-refractivity contribution in [3.05, 3.63) is 29.8 Å². The molecule has 0 radical (unpaired) electrons. The van der Waals surface area contributed by atoms with Crippen molar-refractivity contribution in [1.82, 2.24) is 0 Å². The number of rotatable bonds is 8. The van der Waals surface area contributed by atoms with Crippen molar-refractivity contribution in [1.29, 1.82) is 0 Å². The predicted molar refractivity (Wildman–Crippen MR) is 72.9 cm³/mol. The van der Waals surface area contributed by atoms with Gasteiger partial charge in [0.05, 0.1) is 12.4 Å². The van der Waals surface area contributed by atoms with E-state index in [-0.39, 0.29) is 5.75 Å². The van der Waals surface area contributed by atoms with Gasteiger partial charge < -0.3 is 10.5 Å². The molecule has 0 bridgehead atoms. The minimum Gasteiger partial charge on any atom is -0.380 e. The molecule has 0 aliphatic heterocycles. The van der Waals surface area contributed by atoms with Gasteiger partial charge in [0.15, 0.2) is 0 Å². The molecular weight excluding hydrogens is 252 g/mol. The summed E-state index contributed by atoms with van der Waals surface area (Å²) >= 11 is 0. The molecule has 0 saturated heterocycles. The molecule has 3 N–H and O–H groups in total. The standard InChI is InChI=1S/C12H20N2O3S/c1-17-10-11-5-4-6-12(9-11)14-18(15,16)8-3-2-7-13/h4-6,9,14H,2-3,7-8,10,13H2,1H3. The first-order valence-electron chi connectivity index (χ1n) is 5.86. The predicted octanol–water partition coefficient (Wildman–Crippen LogP) is 1.31. The van der Waals surface area contributed by atoms with Gasteiger partial charge in [0.1, 0.15) is 0 Å². The van der Waals surface area contributed by atoms with E-state index in [1.165, 1.54) is 0 Å². The van der Waals surface area contributed by atoms with E-state index in [2.05, 4.69) is 4.72 Å². The first-order valence-corrected chi connectivity index (χ1v) is 7.51. The zero-order valence-electron chi connectivity index (χ0n) is 10.6. The zero-order chi connectivity index (χ0) is 13.4. The number of ether oxygens (including phenoxy) is 1. The first kappa shape index (κ1) is 14.9. The van der Waals surface area contributed by atoms with Gasteiger partial charge in [-0.15, -0.1) is 0 Å². The van der Waals surface area contributed by atoms with Gasteiger partial charge in [0, 0.05) is 12.8 Å². The Morgan fingerprint density at radius 3 is 2.78 bits per heavy atom. The van der Waals surface area contributed by atoms with Crippen LogP contribution in [0.3, 0.4) is 0 Å². The summed E-state index contributed by atoms with van der Waals surface area (Å²) in [7, 11) is -1.68. The van der Waals surface area contributed by atoms with Gasteiger partial charge in [-0.3, -0.25) is 4.72 Å². The van der Waals surface area contributed by atoms with Crippen LogP contribution in [-0.2, 0) is 21.4 Å². The topological polar surface area (TPSA) is 81.4 Å². The van der Waals surface area contributed by atoms with Gasteiger partial charge in [-0.2, -0.15) is 0 Å². The lowest BCUT2D eigenvalue weighted by molar-refractivity contribution is 0.185. The van der Waals surface area contributed by atoms with Crippen LogP contribution in [0.25, 0.3) is 0 Å². The molecule has 0 aromatic heterocycles. The SMILES string of the molecule is COCc1cccc(NS(=O)(=O)CCCCN)c1. The quantitative estimate of drug-likeness (QED) is 0.699. The molecule has 0 atom stereocenters. The van der Waals surface area contributed by atoms with Crippen molar-refractivity contribution in [2.24, 2.45) is 5.73 Å². The number of hydrogen-bond donors (Lipinski definition) is 2. The Morgan fingerprint density at radius 2 is 2.11 bits per heavy atom. The summed E-state index contributed by atoms with van der Waals surface area (Å²) < 4.78 is 31.1. The highest BCUT2D eigenvalue weighted by atomic mass is 32.2. The zero-order valence-corrected chi connectivity index (χ0v) is 11.4. The minimum absolute atomic E-state index is 0.0959. The van der Waals surface area contributed by atoms with E-state index in [9.17, 15) is 8.42 Å². The average molecular weight is 272 g/mol.